The monoisotopic (exact) mass is 297 g/mol. The number of aliphatic hydroxyl groups is 1. The van der Waals surface area contributed by atoms with Gasteiger partial charge in [-0.15, -0.1) is 0 Å². The molecule has 3 rings (SSSR count). The Balaban J connectivity index is 1.93. The van der Waals surface area contributed by atoms with E-state index in [2.05, 4.69) is 10.1 Å². The molecular formula is C14H14F3N3O. The first-order valence-electron chi connectivity index (χ1n) is 6.73. The molecule has 112 valence electrons. The van der Waals surface area contributed by atoms with Crippen molar-refractivity contribution in [2.75, 3.05) is 6.61 Å². The van der Waals surface area contributed by atoms with E-state index >= 15 is 0 Å². The summed E-state index contributed by atoms with van der Waals surface area (Å²) in [5.41, 5.74) is -0.148. The van der Waals surface area contributed by atoms with Crippen LogP contribution >= 0.6 is 0 Å². The maximum Gasteiger partial charge on any atom is 0.416 e. The molecule has 1 atom stereocenters. The third kappa shape index (κ3) is 2.65. The van der Waals surface area contributed by atoms with Crippen LogP contribution in [0.2, 0.25) is 0 Å². The lowest BCUT2D eigenvalue weighted by molar-refractivity contribution is -0.137. The van der Waals surface area contributed by atoms with Crippen molar-refractivity contribution >= 4 is 0 Å². The van der Waals surface area contributed by atoms with Crippen molar-refractivity contribution in [3.05, 3.63) is 35.7 Å². The van der Waals surface area contributed by atoms with E-state index in [-0.39, 0.29) is 12.6 Å². The molecule has 1 aromatic heterocycles. The van der Waals surface area contributed by atoms with Gasteiger partial charge in [0, 0.05) is 12.0 Å². The molecule has 0 amide bonds. The van der Waals surface area contributed by atoms with E-state index in [0.29, 0.717) is 11.4 Å². The molecule has 1 aliphatic heterocycles. The second kappa shape index (κ2) is 5.14. The minimum absolute atomic E-state index is 0.0111. The van der Waals surface area contributed by atoms with Gasteiger partial charge in [0.15, 0.2) is 5.82 Å². The molecule has 0 saturated heterocycles. The summed E-state index contributed by atoms with van der Waals surface area (Å²) in [6, 6.07) is 4.71. The van der Waals surface area contributed by atoms with E-state index in [4.69, 9.17) is 0 Å². The lowest BCUT2D eigenvalue weighted by atomic mass is 10.1. The van der Waals surface area contributed by atoms with Gasteiger partial charge in [-0.2, -0.15) is 18.3 Å². The predicted molar refractivity (Wildman–Crippen MR) is 69.5 cm³/mol. The zero-order chi connectivity index (χ0) is 15.0. The van der Waals surface area contributed by atoms with Gasteiger partial charge in [-0.05, 0) is 25.0 Å². The van der Waals surface area contributed by atoms with Crippen molar-refractivity contribution in [3.63, 3.8) is 0 Å². The Hall–Kier alpha value is -1.89. The van der Waals surface area contributed by atoms with Gasteiger partial charge in [-0.3, -0.25) is 0 Å². The molecule has 1 aromatic carbocycles. The average Bonchev–Trinajstić information content (AvgIpc) is 2.90. The summed E-state index contributed by atoms with van der Waals surface area (Å²) in [7, 11) is 0. The summed E-state index contributed by atoms with van der Waals surface area (Å²) in [6.45, 7) is -0.0111. The van der Waals surface area contributed by atoms with Crippen LogP contribution in [0, 0.1) is 0 Å². The minimum atomic E-state index is -4.35. The predicted octanol–water partition coefficient (Wildman–Crippen LogP) is 2.83. The number of rotatable bonds is 2. The van der Waals surface area contributed by atoms with Crippen LogP contribution in [0.4, 0.5) is 13.2 Å². The van der Waals surface area contributed by atoms with Crippen LogP contribution in [0.5, 0.6) is 0 Å². The summed E-state index contributed by atoms with van der Waals surface area (Å²) in [4.78, 5) is 4.37. The Labute approximate surface area is 119 Å². The zero-order valence-electron chi connectivity index (χ0n) is 11.1. The quantitative estimate of drug-likeness (QED) is 0.927. The Kier molecular flexibility index (Phi) is 3.44. The number of nitrogens with zero attached hydrogens (tertiary/aromatic N) is 3. The molecule has 1 aliphatic rings. The summed E-state index contributed by atoms with van der Waals surface area (Å²) >= 11 is 0. The number of halogens is 3. The van der Waals surface area contributed by atoms with Gasteiger partial charge in [-0.1, -0.05) is 12.1 Å². The fourth-order valence-corrected chi connectivity index (χ4v) is 2.54. The topological polar surface area (TPSA) is 50.9 Å². The molecule has 7 heteroatoms. The molecule has 1 unspecified atom stereocenters. The van der Waals surface area contributed by atoms with Crippen LogP contribution in [0.15, 0.2) is 24.3 Å². The lowest BCUT2D eigenvalue weighted by Gasteiger charge is -2.20. The van der Waals surface area contributed by atoms with E-state index in [1.807, 2.05) is 0 Å². The van der Waals surface area contributed by atoms with Gasteiger partial charge < -0.3 is 5.11 Å². The van der Waals surface area contributed by atoms with Crippen molar-refractivity contribution < 1.29 is 18.3 Å². The van der Waals surface area contributed by atoms with E-state index in [1.54, 1.807) is 4.68 Å². The lowest BCUT2D eigenvalue weighted by Crippen LogP contribution is -2.21. The Morgan fingerprint density at radius 2 is 1.95 bits per heavy atom. The Morgan fingerprint density at radius 3 is 2.57 bits per heavy atom. The molecule has 0 saturated carbocycles. The molecule has 4 nitrogen and oxygen atoms in total. The fourth-order valence-electron chi connectivity index (χ4n) is 2.54. The van der Waals surface area contributed by atoms with Crippen molar-refractivity contribution in [2.45, 2.75) is 31.5 Å². The summed E-state index contributed by atoms with van der Waals surface area (Å²) in [5.74, 6) is 1.18. The summed E-state index contributed by atoms with van der Waals surface area (Å²) < 4.78 is 39.3. The van der Waals surface area contributed by atoms with E-state index < -0.39 is 11.7 Å². The molecule has 0 bridgehead atoms. The Bertz CT molecular complexity index is 634. The van der Waals surface area contributed by atoms with Crippen LogP contribution in [-0.4, -0.2) is 26.5 Å². The number of fused-ring (bicyclic) bond motifs is 1. The summed E-state index contributed by atoms with van der Waals surface area (Å²) in [5, 5.41) is 13.7. The second-order valence-corrected chi connectivity index (χ2v) is 5.10. The highest BCUT2D eigenvalue weighted by Crippen LogP contribution is 2.31. The number of benzene rings is 1. The van der Waals surface area contributed by atoms with Crippen molar-refractivity contribution in [1.82, 2.24) is 14.8 Å². The molecule has 0 radical (unpaired) electrons. The second-order valence-electron chi connectivity index (χ2n) is 5.10. The largest absolute Gasteiger partial charge is 0.416 e. The molecule has 21 heavy (non-hydrogen) atoms. The van der Waals surface area contributed by atoms with Gasteiger partial charge in [0.05, 0.1) is 18.2 Å². The molecule has 0 aliphatic carbocycles. The highest BCUT2D eigenvalue weighted by atomic mass is 19.4. The van der Waals surface area contributed by atoms with E-state index in [9.17, 15) is 18.3 Å². The standard InChI is InChI=1S/C14H14F3N3O/c15-14(16,17)10-6-4-9(5-7-10)13-18-12-3-1-2-11(8-21)20(12)19-13/h4-7,11,21H,1-3,8H2. The maximum absolute atomic E-state index is 12.5. The van der Waals surface area contributed by atoms with Crippen molar-refractivity contribution in [3.8, 4) is 11.4 Å². The zero-order valence-corrected chi connectivity index (χ0v) is 11.1. The summed E-state index contributed by atoms with van der Waals surface area (Å²) in [6.07, 6.45) is -1.82. The highest BCUT2D eigenvalue weighted by molar-refractivity contribution is 5.55. The van der Waals surface area contributed by atoms with Crippen LogP contribution in [0.25, 0.3) is 11.4 Å². The molecule has 0 spiro atoms. The Morgan fingerprint density at radius 1 is 1.24 bits per heavy atom. The van der Waals surface area contributed by atoms with Gasteiger partial charge >= 0.3 is 6.18 Å². The van der Waals surface area contributed by atoms with Gasteiger partial charge in [0.1, 0.15) is 5.82 Å². The van der Waals surface area contributed by atoms with Gasteiger partial charge in [-0.25, -0.2) is 9.67 Å². The number of alkyl halides is 3. The number of hydrogen-bond donors (Lipinski definition) is 1. The van der Waals surface area contributed by atoms with Gasteiger partial charge in [0.2, 0.25) is 0 Å². The smallest absolute Gasteiger partial charge is 0.394 e. The number of aromatic nitrogens is 3. The third-order valence-electron chi connectivity index (χ3n) is 3.67. The normalized spacial score (nSPS) is 18.6. The molecule has 0 fully saturated rings. The first kappa shape index (κ1) is 14.1. The first-order valence-corrected chi connectivity index (χ1v) is 6.73. The maximum atomic E-state index is 12.5. The van der Waals surface area contributed by atoms with Crippen LogP contribution < -0.4 is 0 Å². The van der Waals surface area contributed by atoms with Crippen LogP contribution in [0.1, 0.15) is 30.3 Å². The fraction of sp³-hybridized carbons (Fsp3) is 0.429. The van der Waals surface area contributed by atoms with Gasteiger partial charge in [0.25, 0.3) is 0 Å². The van der Waals surface area contributed by atoms with Crippen LogP contribution in [-0.2, 0) is 12.6 Å². The van der Waals surface area contributed by atoms with Crippen molar-refractivity contribution in [2.24, 2.45) is 0 Å². The SMILES string of the molecule is OCC1CCCc2nc(-c3ccc(C(F)(F)F)cc3)nn21. The van der Waals surface area contributed by atoms with Crippen LogP contribution in [0.3, 0.4) is 0 Å². The van der Waals surface area contributed by atoms with E-state index in [0.717, 1.165) is 37.2 Å². The number of aliphatic hydroxyl groups excluding tert-OH is 1. The average molecular weight is 297 g/mol. The number of hydrogen-bond acceptors (Lipinski definition) is 3. The first-order chi connectivity index (χ1) is 9.99. The molecule has 2 aromatic rings. The van der Waals surface area contributed by atoms with E-state index in [1.165, 1.54) is 12.1 Å². The molecule has 1 N–H and O–H groups in total. The highest BCUT2D eigenvalue weighted by Gasteiger charge is 2.30. The number of aryl methyl sites for hydroxylation is 1. The third-order valence-corrected chi connectivity index (χ3v) is 3.67. The van der Waals surface area contributed by atoms with Crippen molar-refractivity contribution in [1.29, 1.82) is 0 Å². The minimum Gasteiger partial charge on any atom is -0.394 e. The molecule has 2 heterocycles. The molecular weight excluding hydrogens is 283 g/mol.